The maximum atomic E-state index is 12.1. The van der Waals surface area contributed by atoms with E-state index in [-0.39, 0.29) is 10.7 Å². The van der Waals surface area contributed by atoms with Crippen LogP contribution in [0, 0.1) is 0 Å². The van der Waals surface area contributed by atoms with E-state index in [9.17, 15) is 9.59 Å². The summed E-state index contributed by atoms with van der Waals surface area (Å²) in [6.45, 7) is 0. The second-order valence-electron chi connectivity index (χ2n) is 4.29. The van der Waals surface area contributed by atoms with Gasteiger partial charge >= 0.3 is 0 Å². The zero-order valence-corrected chi connectivity index (χ0v) is 12.6. The fourth-order valence-electron chi connectivity index (χ4n) is 1.85. The number of hydrogen-bond acceptors (Lipinski definition) is 5. The highest BCUT2D eigenvalue weighted by atomic mass is 32.1. The Morgan fingerprint density at radius 2 is 1.95 bits per heavy atom. The third-order valence-corrected chi connectivity index (χ3v) is 3.42. The van der Waals surface area contributed by atoms with Crippen LogP contribution >= 0.6 is 12.2 Å². The van der Waals surface area contributed by atoms with Gasteiger partial charge < -0.3 is 9.47 Å². The van der Waals surface area contributed by atoms with Gasteiger partial charge in [-0.25, -0.2) is 0 Å². The standard InChI is InChI=1S/C14H14N2O4S/c1-16-13(18)10(12(17)15-14(16)21)7-8-6-9(19-2)4-5-11(8)20-3/h4-7H,1-3H3,(H,15,17,21)/b10-7+. The molecular weight excluding hydrogens is 292 g/mol. The Hall–Kier alpha value is -2.41. The minimum absolute atomic E-state index is 0.0161. The molecule has 1 saturated heterocycles. The predicted octanol–water partition coefficient (Wildman–Crippen LogP) is 0.960. The van der Waals surface area contributed by atoms with Crippen LogP contribution in [0.15, 0.2) is 23.8 Å². The van der Waals surface area contributed by atoms with Gasteiger partial charge in [-0.1, -0.05) is 0 Å². The third-order valence-electron chi connectivity index (χ3n) is 3.04. The SMILES string of the molecule is COc1ccc(OC)c(/C=C2\C(=O)NC(=S)N(C)C2=O)c1. The minimum atomic E-state index is -0.534. The molecule has 2 amide bonds. The number of amides is 2. The van der Waals surface area contributed by atoms with E-state index in [4.69, 9.17) is 21.7 Å². The predicted molar refractivity (Wildman–Crippen MR) is 81.0 cm³/mol. The molecule has 0 aromatic heterocycles. The van der Waals surface area contributed by atoms with Crippen molar-refractivity contribution in [3.05, 3.63) is 29.3 Å². The minimum Gasteiger partial charge on any atom is -0.497 e. The van der Waals surface area contributed by atoms with E-state index < -0.39 is 11.8 Å². The first kappa shape index (κ1) is 15.0. The molecular formula is C14H14N2O4S. The fourth-order valence-corrected chi connectivity index (χ4v) is 2.03. The summed E-state index contributed by atoms with van der Waals surface area (Å²) in [7, 11) is 4.54. The third kappa shape index (κ3) is 2.87. The van der Waals surface area contributed by atoms with E-state index in [0.29, 0.717) is 17.1 Å². The molecule has 0 unspecified atom stereocenters. The van der Waals surface area contributed by atoms with Gasteiger partial charge in [0.2, 0.25) is 0 Å². The van der Waals surface area contributed by atoms with Gasteiger partial charge in [0.15, 0.2) is 5.11 Å². The molecule has 1 heterocycles. The van der Waals surface area contributed by atoms with Crippen molar-refractivity contribution in [2.24, 2.45) is 0 Å². The van der Waals surface area contributed by atoms with Gasteiger partial charge in [-0.2, -0.15) is 0 Å². The number of rotatable bonds is 3. The molecule has 1 aliphatic heterocycles. The Morgan fingerprint density at radius 1 is 1.24 bits per heavy atom. The summed E-state index contributed by atoms with van der Waals surface area (Å²) < 4.78 is 10.4. The molecule has 6 nitrogen and oxygen atoms in total. The van der Waals surface area contributed by atoms with Crippen LogP contribution in [0.1, 0.15) is 5.56 Å². The number of benzene rings is 1. The zero-order chi connectivity index (χ0) is 15.6. The van der Waals surface area contributed by atoms with Gasteiger partial charge in [0, 0.05) is 12.6 Å². The lowest BCUT2D eigenvalue weighted by atomic mass is 10.1. The number of thiocarbonyl (C=S) groups is 1. The maximum Gasteiger partial charge on any atom is 0.265 e. The molecule has 0 bridgehead atoms. The molecule has 0 aliphatic carbocycles. The van der Waals surface area contributed by atoms with Crippen LogP contribution in [0.4, 0.5) is 0 Å². The van der Waals surface area contributed by atoms with Crippen molar-refractivity contribution < 1.29 is 19.1 Å². The lowest BCUT2D eigenvalue weighted by Gasteiger charge is -2.25. The molecule has 1 N–H and O–H groups in total. The number of nitrogens with zero attached hydrogens (tertiary/aromatic N) is 1. The summed E-state index contributed by atoms with van der Waals surface area (Å²) in [5, 5.41) is 2.54. The maximum absolute atomic E-state index is 12.1. The average Bonchev–Trinajstić information content (AvgIpc) is 2.49. The van der Waals surface area contributed by atoms with Crippen LogP contribution in [-0.2, 0) is 9.59 Å². The van der Waals surface area contributed by atoms with E-state index >= 15 is 0 Å². The van der Waals surface area contributed by atoms with Gasteiger partial charge in [0.25, 0.3) is 11.8 Å². The topological polar surface area (TPSA) is 67.9 Å². The molecule has 1 fully saturated rings. The highest BCUT2D eigenvalue weighted by Crippen LogP contribution is 2.27. The first-order chi connectivity index (χ1) is 9.97. The smallest absolute Gasteiger partial charge is 0.265 e. The number of likely N-dealkylation sites (N-methyl/N-ethyl adjacent to an activating group) is 1. The van der Waals surface area contributed by atoms with Gasteiger partial charge in [-0.15, -0.1) is 0 Å². The number of carbonyl (C=O) groups is 2. The zero-order valence-electron chi connectivity index (χ0n) is 11.8. The number of ether oxygens (including phenoxy) is 2. The normalized spacial score (nSPS) is 17.0. The lowest BCUT2D eigenvalue weighted by molar-refractivity contribution is -0.128. The van der Waals surface area contributed by atoms with Crippen LogP contribution in [0.3, 0.4) is 0 Å². The van der Waals surface area contributed by atoms with Crippen LogP contribution < -0.4 is 14.8 Å². The Balaban J connectivity index is 2.49. The van der Waals surface area contributed by atoms with Crippen molar-refractivity contribution in [1.29, 1.82) is 0 Å². The van der Waals surface area contributed by atoms with E-state index in [1.54, 1.807) is 18.2 Å². The summed E-state index contributed by atoms with van der Waals surface area (Å²) in [4.78, 5) is 25.3. The summed E-state index contributed by atoms with van der Waals surface area (Å²) in [6.07, 6.45) is 1.46. The molecule has 0 spiro atoms. The quantitative estimate of drug-likeness (QED) is 0.512. The van der Waals surface area contributed by atoms with Gasteiger partial charge in [0.1, 0.15) is 17.1 Å². The molecule has 7 heteroatoms. The molecule has 0 saturated carbocycles. The molecule has 0 atom stereocenters. The van der Waals surface area contributed by atoms with Gasteiger partial charge in [0.05, 0.1) is 14.2 Å². The first-order valence-electron chi connectivity index (χ1n) is 6.05. The van der Waals surface area contributed by atoms with E-state index in [1.807, 2.05) is 0 Å². The summed E-state index contributed by atoms with van der Waals surface area (Å²) >= 11 is 4.89. The summed E-state index contributed by atoms with van der Waals surface area (Å²) in [5.74, 6) is 0.122. The van der Waals surface area contributed by atoms with Crippen molar-refractivity contribution >= 4 is 35.2 Å². The van der Waals surface area contributed by atoms with Crippen LogP contribution in [0.25, 0.3) is 6.08 Å². The Kier molecular flexibility index (Phi) is 4.23. The van der Waals surface area contributed by atoms with Gasteiger partial charge in [-0.05, 0) is 36.5 Å². The van der Waals surface area contributed by atoms with Gasteiger partial charge in [-0.3, -0.25) is 19.8 Å². The number of methoxy groups -OCH3 is 2. The second kappa shape index (κ2) is 5.92. The second-order valence-corrected chi connectivity index (χ2v) is 4.68. The lowest BCUT2D eigenvalue weighted by Crippen LogP contribution is -2.52. The van der Waals surface area contributed by atoms with Crippen LogP contribution in [-0.4, -0.2) is 43.1 Å². The van der Waals surface area contributed by atoms with Crippen molar-refractivity contribution in [2.45, 2.75) is 0 Å². The van der Waals surface area contributed by atoms with Crippen molar-refractivity contribution in [3.8, 4) is 11.5 Å². The molecule has 0 radical (unpaired) electrons. The molecule has 1 aromatic rings. The van der Waals surface area contributed by atoms with Crippen molar-refractivity contribution in [2.75, 3.05) is 21.3 Å². The molecule has 21 heavy (non-hydrogen) atoms. The van der Waals surface area contributed by atoms with E-state index in [0.717, 1.165) is 0 Å². The van der Waals surface area contributed by atoms with Crippen LogP contribution in [0.2, 0.25) is 0 Å². The van der Waals surface area contributed by atoms with Crippen molar-refractivity contribution in [3.63, 3.8) is 0 Å². The molecule has 110 valence electrons. The number of nitrogens with one attached hydrogen (secondary N) is 1. The Labute approximate surface area is 127 Å². The highest BCUT2D eigenvalue weighted by Gasteiger charge is 2.31. The fraction of sp³-hybridized carbons (Fsp3) is 0.214. The summed E-state index contributed by atoms with van der Waals surface area (Å²) in [6, 6.07) is 5.11. The monoisotopic (exact) mass is 306 g/mol. The Morgan fingerprint density at radius 3 is 2.57 bits per heavy atom. The average molecular weight is 306 g/mol. The first-order valence-corrected chi connectivity index (χ1v) is 6.46. The summed E-state index contributed by atoms with van der Waals surface area (Å²) in [5.41, 5.74) is 0.550. The van der Waals surface area contributed by atoms with Crippen LogP contribution in [0.5, 0.6) is 11.5 Å². The molecule has 1 aliphatic rings. The highest BCUT2D eigenvalue weighted by molar-refractivity contribution is 7.80. The Bertz CT molecular complexity index is 654. The van der Waals surface area contributed by atoms with Crippen molar-refractivity contribution in [1.82, 2.24) is 10.2 Å². The molecule has 1 aromatic carbocycles. The number of hydrogen-bond donors (Lipinski definition) is 1. The largest absolute Gasteiger partial charge is 0.497 e. The molecule has 2 rings (SSSR count). The van der Waals surface area contributed by atoms with E-state index in [2.05, 4.69) is 5.32 Å². The number of carbonyl (C=O) groups excluding carboxylic acids is 2. The van der Waals surface area contributed by atoms with E-state index in [1.165, 1.54) is 32.2 Å².